The van der Waals surface area contributed by atoms with Gasteiger partial charge in [0, 0.05) is 28.4 Å². The van der Waals surface area contributed by atoms with E-state index in [0.717, 1.165) is 21.8 Å². The number of oxazole rings is 1. The Bertz CT molecular complexity index is 951. The minimum absolute atomic E-state index is 0.457. The zero-order valence-corrected chi connectivity index (χ0v) is 13.4. The number of hydrogen-bond donors (Lipinski definition) is 1. The maximum Gasteiger partial charge on any atom is 0.296 e. The maximum absolute atomic E-state index is 5.95. The van der Waals surface area contributed by atoms with E-state index in [2.05, 4.69) is 20.3 Å². The molecule has 114 valence electrons. The summed E-state index contributed by atoms with van der Waals surface area (Å²) in [5.74, 6) is 0. The zero-order valence-electron chi connectivity index (χ0n) is 11.9. The summed E-state index contributed by atoms with van der Waals surface area (Å²) < 4.78 is 5.62. The first-order valence-corrected chi connectivity index (χ1v) is 8.18. The molecule has 0 aliphatic rings. The van der Waals surface area contributed by atoms with Gasteiger partial charge < -0.3 is 9.73 Å². The highest BCUT2D eigenvalue weighted by Crippen LogP contribution is 2.24. The van der Waals surface area contributed by atoms with Crippen molar-refractivity contribution in [2.75, 3.05) is 5.32 Å². The lowest BCUT2D eigenvalue weighted by atomic mass is 10.3. The van der Waals surface area contributed by atoms with Gasteiger partial charge in [-0.1, -0.05) is 11.6 Å². The minimum Gasteiger partial charge on any atom is -0.424 e. The number of pyridine rings is 1. The Morgan fingerprint density at radius 3 is 3.04 bits per heavy atom. The highest BCUT2D eigenvalue weighted by Gasteiger charge is 2.08. The van der Waals surface area contributed by atoms with Crippen LogP contribution in [0.15, 0.2) is 52.5 Å². The standard InChI is InChI=1S/C16H11ClN4OS/c17-11-3-4-14-13(6-11)21-16(22-14)19-8-12-9-23-15(20-12)10-2-1-5-18-7-10/h1-7,9H,8H2,(H,19,21). The van der Waals surface area contributed by atoms with Gasteiger partial charge in [-0.15, -0.1) is 11.3 Å². The summed E-state index contributed by atoms with van der Waals surface area (Å²) >= 11 is 7.53. The predicted octanol–water partition coefficient (Wildman–Crippen LogP) is 4.61. The van der Waals surface area contributed by atoms with Crippen molar-refractivity contribution in [3.8, 4) is 10.6 Å². The molecule has 3 aromatic heterocycles. The Balaban J connectivity index is 1.49. The van der Waals surface area contributed by atoms with Crippen molar-refractivity contribution in [3.05, 3.63) is 58.8 Å². The fraction of sp³-hybridized carbons (Fsp3) is 0.0625. The van der Waals surface area contributed by atoms with Gasteiger partial charge in [-0.25, -0.2) is 4.98 Å². The summed E-state index contributed by atoms with van der Waals surface area (Å²) in [5.41, 5.74) is 3.37. The van der Waals surface area contributed by atoms with Gasteiger partial charge >= 0.3 is 0 Å². The summed E-state index contributed by atoms with van der Waals surface area (Å²) in [7, 11) is 0. The molecule has 7 heteroatoms. The Morgan fingerprint density at radius 2 is 2.17 bits per heavy atom. The van der Waals surface area contributed by atoms with Gasteiger partial charge in [0.15, 0.2) is 5.58 Å². The Kier molecular flexibility index (Phi) is 3.69. The summed E-state index contributed by atoms with van der Waals surface area (Å²) in [6, 6.07) is 9.71. The molecule has 0 bridgehead atoms. The molecule has 0 saturated heterocycles. The van der Waals surface area contributed by atoms with Crippen molar-refractivity contribution in [1.82, 2.24) is 15.0 Å². The van der Waals surface area contributed by atoms with Gasteiger partial charge in [0.2, 0.25) is 0 Å². The topological polar surface area (TPSA) is 63.8 Å². The molecule has 0 radical (unpaired) electrons. The number of nitrogens with one attached hydrogen (secondary N) is 1. The molecular formula is C16H11ClN4OS. The van der Waals surface area contributed by atoms with E-state index >= 15 is 0 Å². The molecule has 0 spiro atoms. The lowest BCUT2D eigenvalue weighted by Gasteiger charge is -1.97. The van der Waals surface area contributed by atoms with Crippen molar-refractivity contribution in [2.45, 2.75) is 6.54 Å². The highest BCUT2D eigenvalue weighted by atomic mass is 35.5. The van der Waals surface area contributed by atoms with Gasteiger partial charge in [0.05, 0.1) is 12.2 Å². The average Bonchev–Trinajstić information content (AvgIpc) is 3.20. The van der Waals surface area contributed by atoms with Crippen molar-refractivity contribution >= 4 is 40.1 Å². The number of thiazole rings is 1. The van der Waals surface area contributed by atoms with E-state index in [1.165, 1.54) is 0 Å². The number of benzene rings is 1. The molecule has 5 nitrogen and oxygen atoms in total. The normalized spacial score (nSPS) is 11.0. The summed E-state index contributed by atoms with van der Waals surface area (Å²) in [6.45, 7) is 0.539. The number of hydrogen-bond acceptors (Lipinski definition) is 6. The molecule has 0 fully saturated rings. The molecule has 1 aromatic carbocycles. The molecule has 1 N–H and O–H groups in total. The third-order valence-electron chi connectivity index (χ3n) is 3.23. The van der Waals surface area contributed by atoms with Crippen LogP contribution in [0.3, 0.4) is 0 Å². The number of halogens is 1. The first-order chi connectivity index (χ1) is 11.3. The molecule has 0 aliphatic carbocycles. The van der Waals surface area contributed by atoms with Crippen LogP contribution in [0.2, 0.25) is 5.02 Å². The second-order valence-electron chi connectivity index (χ2n) is 4.87. The number of anilines is 1. The van der Waals surface area contributed by atoms with E-state index in [1.54, 1.807) is 41.9 Å². The van der Waals surface area contributed by atoms with Crippen LogP contribution in [0, 0.1) is 0 Å². The van der Waals surface area contributed by atoms with E-state index in [0.29, 0.717) is 23.2 Å². The molecule has 0 aliphatic heterocycles. The van der Waals surface area contributed by atoms with Crippen molar-refractivity contribution in [2.24, 2.45) is 0 Å². The second-order valence-corrected chi connectivity index (χ2v) is 6.16. The molecule has 23 heavy (non-hydrogen) atoms. The lowest BCUT2D eigenvalue weighted by molar-refractivity contribution is 0.614. The maximum atomic E-state index is 5.95. The van der Waals surface area contributed by atoms with Crippen molar-refractivity contribution in [1.29, 1.82) is 0 Å². The van der Waals surface area contributed by atoms with E-state index in [9.17, 15) is 0 Å². The molecule has 3 heterocycles. The number of aromatic nitrogens is 3. The summed E-state index contributed by atoms with van der Waals surface area (Å²) in [6.07, 6.45) is 3.56. The summed E-state index contributed by atoms with van der Waals surface area (Å²) in [4.78, 5) is 13.1. The van der Waals surface area contributed by atoms with Crippen LogP contribution in [0.25, 0.3) is 21.7 Å². The fourth-order valence-corrected chi connectivity index (χ4v) is 3.13. The van der Waals surface area contributed by atoms with Crippen LogP contribution >= 0.6 is 22.9 Å². The Labute approximate surface area is 141 Å². The third-order valence-corrected chi connectivity index (χ3v) is 4.41. The number of nitrogens with zero attached hydrogens (tertiary/aromatic N) is 3. The minimum atomic E-state index is 0.457. The Hall–Kier alpha value is -2.44. The van der Waals surface area contributed by atoms with Crippen LogP contribution in [-0.2, 0) is 6.54 Å². The van der Waals surface area contributed by atoms with E-state index < -0.39 is 0 Å². The van der Waals surface area contributed by atoms with Crippen LogP contribution in [-0.4, -0.2) is 15.0 Å². The van der Waals surface area contributed by atoms with E-state index in [1.807, 2.05) is 17.5 Å². The molecule has 0 saturated carbocycles. The van der Waals surface area contributed by atoms with E-state index in [-0.39, 0.29) is 0 Å². The lowest BCUT2D eigenvalue weighted by Crippen LogP contribution is -1.99. The molecule has 4 rings (SSSR count). The summed E-state index contributed by atoms with van der Waals surface area (Å²) in [5, 5.41) is 6.73. The SMILES string of the molecule is Clc1ccc2oc(NCc3csc(-c4cccnc4)n3)nc2c1. The average molecular weight is 343 g/mol. The predicted molar refractivity (Wildman–Crippen MR) is 91.7 cm³/mol. The number of fused-ring (bicyclic) bond motifs is 1. The third kappa shape index (κ3) is 3.04. The van der Waals surface area contributed by atoms with Crippen LogP contribution in [0.4, 0.5) is 6.01 Å². The molecular weight excluding hydrogens is 332 g/mol. The molecule has 0 amide bonds. The van der Waals surface area contributed by atoms with Gasteiger partial charge in [0.1, 0.15) is 10.5 Å². The van der Waals surface area contributed by atoms with Gasteiger partial charge in [-0.2, -0.15) is 4.98 Å². The largest absolute Gasteiger partial charge is 0.424 e. The first kappa shape index (κ1) is 14.2. The fourth-order valence-electron chi connectivity index (χ4n) is 2.15. The van der Waals surface area contributed by atoms with Crippen molar-refractivity contribution < 1.29 is 4.42 Å². The first-order valence-electron chi connectivity index (χ1n) is 6.93. The molecule has 0 atom stereocenters. The number of rotatable bonds is 4. The smallest absolute Gasteiger partial charge is 0.296 e. The van der Waals surface area contributed by atoms with Crippen molar-refractivity contribution in [3.63, 3.8) is 0 Å². The van der Waals surface area contributed by atoms with Gasteiger partial charge in [-0.05, 0) is 30.3 Å². The monoisotopic (exact) mass is 342 g/mol. The highest BCUT2D eigenvalue weighted by molar-refractivity contribution is 7.13. The second kappa shape index (κ2) is 5.98. The zero-order chi connectivity index (χ0) is 15.6. The van der Waals surface area contributed by atoms with Crippen LogP contribution < -0.4 is 5.32 Å². The van der Waals surface area contributed by atoms with E-state index in [4.69, 9.17) is 16.0 Å². The van der Waals surface area contributed by atoms with Gasteiger partial charge in [0.25, 0.3) is 6.01 Å². The Morgan fingerprint density at radius 1 is 1.22 bits per heavy atom. The molecule has 0 unspecified atom stereocenters. The quantitative estimate of drug-likeness (QED) is 0.586. The molecule has 4 aromatic rings. The van der Waals surface area contributed by atoms with Crippen LogP contribution in [0.5, 0.6) is 0 Å². The van der Waals surface area contributed by atoms with Gasteiger partial charge in [-0.3, -0.25) is 4.98 Å². The van der Waals surface area contributed by atoms with Crippen LogP contribution in [0.1, 0.15) is 5.69 Å².